The molecule has 20 heavy (non-hydrogen) atoms. The van der Waals surface area contributed by atoms with Crippen LogP contribution in [0.3, 0.4) is 0 Å². The summed E-state index contributed by atoms with van der Waals surface area (Å²) >= 11 is 0. The largest absolute Gasteiger partial charge is 0.351 e. The standard InChI is InChI=1S/C14H16F2N2O.ClH/c15-14(16)7-12(17-8-14)13(19)18-11-6-10(11)9-4-2-1-3-5-9;/h1-5,10-12,17H,6-8H2,(H,18,19);1H. The molecule has 1 aliphatic heterocycles. The maximum atomic E-state index is 13.0. The lowest BCUT2D eigenvalue weighted by Gasteiger charge is -2.11. The highest BCUT2D eigenvalue weighted by atomic mass is 35.5. The van der Waals surface area contributed by atoms with Gasteiger partial charge in [0.2, 0.25) is 5.91 Å². The van der Waals surface area contributed by atoms with Gasteiger partial charge in [0.15, 0.2) is 0 Å². The summed E-state index contributed by atoms with van der Waals surface area (Å²) in [5, 5.41) is 5.42. The number of nitrogens with one attached hydrogen (secondary N) is 2. The van der Waals surface area contributed by atoms with Gasteiger partial charge < -0.3 is 5.32 Å². The molecule has 3 atom stereocenters. The lowest BCUT2D eigenvalue weighted by atomic mass is 10.1. The molecule has 3 nitrogen and oxygen atoms in total. The highest BCUT2D eigenvalue weighted by molar-refractivity contribution is 5.85. The van der Waals surface area contributed by atoms with Crippen LogP contribution < -0.4 is 10.6 Å². The van der Waals surface area contributed by atoms with Gasteiger partial charge in [-0.2, -0.15) is 0 Å². The molecule has 6 heteroatoms. The Morgan fingerprint density at radius 1 is 1.30 bits per heavy atom. The molecule has 2 aliphatic rings. The van der Waals surface area contributed by atoms with Crippen LogP contribution in [-0.2, 0) is 4.79 Å². The fourth-order valence-corrected chi connectivity index (χ4v) is 2.61. The van der Waals surface area contributed by atoms with Gasteiger partial charge in [0, 0.05) is 18.4 Å². The van der Waals surface area contributed by atoms with E-state index in [2.05, 4.69) is 10.6 Å². The molecule has 0 radical (unpaired) electrons. The minimum atomic E-state index is -2.76. The third-order valence-electron chi connectivity index (χ3n) is 3.77. The zero-order valence-corrected chi connectivity index (χ0v) is 11.6. The normalized spacial score (nSPS) is 30.4. The zero-order chi connectivity index (χ0) is 13.5. The molecule has 3 unspecified atom stereocenters. The van der Waals surface area contributed by atoms with E-state index in [9.17, 15) is 13.6 Å². The molecule has 2 N–H and O–H groups in total. The molecule has 110 valence electrons. The molecule has 1 saturated carbocycles. The number of rotatable bonds is 3. The number of halogens is 3. The molecule has 3 rings (SSSR count). The Balaban J connectivity index is 0.00000147. The van der Waals surface area contributed by atoms with Crippen molar-refractivity contribution in [3.63, 3.8) is 0 Å². The maximum Gasteiger partial charge on any atom is 0.262 e. The van der Waals surface area contributed by atoms with E-state index in [-0.39, 0.29) is 24.4 Å². The summed E-state index contributed by atoms with van der Waals surface area (Å²) in [6.07, 6.45) is 0.487. The van der Waals surface area contributed by atoms with Gasteiger partial charge in [-0.1, -0.05) is 30.3 Å². The van der Waals surface area contributed by atoms with E-state index in [1.807, 2.05) is 30.3 Å². The Morgan fingerprint density at radius 3 is 2.60 bits per heavy atom. The van der Waals surface area contributed by atoms with Crippen LogP contribution >= 0.6 is 12.4 Å². The Bertz CT molecular complexity index is 483. The van der Waals surface area contributed by atoms with Crippen molar-refractivity contribution in [2.45, 2.75) is 36.8 Å². The molecule has 1 aliphatic carbocycles. The number of alkyl halides is 2. The van der Waals surface area contributed by atoms with Crippen molar-refractivity contribution in [2.24, 2.45) is 0 Å². The van der Waals surface area contributed by atoms with E-state index in [1.54, 1.807) is 0 Å². The van der Waals surface area contributed by atoms with Crippen LogP contribution in [0.25, 0.3) is 0 Å². The van der Waals surface area contributed by atoms with Gasteiger partial charge in [0.1, 0.15) is 0 Å². The van der Waals surface area contributed by atoms with E-state index in [4.69, 9.17) is 0 Å². The third kappa shape index (κ3) is 3.27. The maximum absolute atomic E-state index is 13.0. The predicted molar refractivity (Wildman–Crippen MR) is 74.3 cm³/mol. The van der Waals surface area contributed by atoms with E-state index in [1.165, 1.54) is 5.56 Å². The molecule has 0 aromatic heterocycles. The fourth-order valence-electron chi connectivity index (χ4n) is 2.61. The Kier molecular flexibility index (Phi) is 4.30. The molecule has 1 amide bonds. The highest BCUT2D eigenvalue weighted by Gasteiger charge is 2.45. The number of benzene rings is 1. The first-order valence-corrected chi connectivity index (χ1v) is 6.52. The molecular formula is C14H17ClF2N2O. The summed E-state index contributed by atoms with van der Waals surface area (Å²) < 4.78 is 26.0. The smallest absolute Gasteiger partial charge is 0.262 e. The van der Waals surface area contributed by atoms with Crippen molar-refractivity contribution in [3.05, 3.63) is 35.9 Å². The van der Waals surface area contributed by atoms with Crippen LogP contribution in [0.1, 0.15) is 24.3 Å². The van der Waals surface area contributed by atoms with E-state index >= 15 is 0 Å². The van der Waals surface area contributed by atoms with Crippen molar-refractivity contribution in [1.29, 1.82) is 0 Å². The van der Waals surface area contributed by atoms with Gasteiger partial charge in [-0.05, 0) is 12.0 Å². The van der Waals surface area contributed by atoms with E-state index in [0.717, 1.165) is 6.42 Å². The lowest BCUT2D eigenvalue weighted by Crippen LogP contribution is -2.41. The Hall–Kier alpha value is -1.20. The first-order chi connectivity index (χ1) is 9.05. The summed E-state index contributed by atoms with van der Waals surface area (Å²) in [4.78, 5) is 11.9. The molecular weight excluding hydrogens is 286 g/mol. The number of carbonyl (C=O) groups is 1. The molecule has 1 saturated heterocycles. The summed E-state index contributed by atoms with van der Waals surface area (Å²) in [7, 11) is 0. The van der Waals surface area contributed by atoms with Crippen LogP contribution in [0.5, 0.6) is 0 Å². The van der Waals surface area contributed by atoms with Crippen molar-refractivity contribution in [1.82, 2.24) is 10.6 Å². The fraction of sp³-hybridized carbons (Fsp3) is 0.500. The van der Waals surface area contributed by atoms with Gasteiger partial charge in [-0.25, -0.2) is 8.78 Å². The first kappa shape index (κ1) is 15.2. The van der Waals surface area contributed by atoms with E-state index in [0.29, 0.717) is 5.92 Å². The van der Waals surface area contributed by atoms with Crippen LogP contribution in [0.2, 0.25) is 0 Å². The zero-order valence-electron chi connectivity index (χ0n) is 10.8. The SMILES string of the molecule is Cl.O=C(NC1CC1c1ccccc1)C1CC(F)(F)CN1. The summed E-state index contributed by atoms with van der Waals surface area (Å²) in [6, 6.07) is 9.26. The second-order valence-electron chi connectivity index (χ2n) is 5.36. The second kappa shape index (κ2) is 5.66. The molecule has 0 spiro atoms. The van der Waals surface area contributed by atoms with Crippen molar-refractivity contribution in [2.75, 3.05) is 6.54 Å². The summed E-state index contributed by atoms with van der Waals surface area (Å²) in [5.41, 5.74) is 1.19. The van der Waals surface area contributed by atoms with Crippen molar-refractivity contribution < 1.29 is 13.6 Å². The van der Waals surface area contributed by atoms with Crippen LogP contribution in [-0.4, -0.2) is 30.5 Å². The summed E-state index contributed by atoms with van der Waals surface area (Å²) in [6.45, 7) is -0.405. The number of hydrogen-bond donors (Lipinski definition) is 2. The topological polar surface area (TPSA) is 41.1 Å². The van der Waals surface area contributed by atoms with Crippen molar-refractivity contribution in [3.8, 4) is 0 Å². The van der Waals surface area contributed by atoms with Crippen LogP contribution in [0, 0.1) is 0 Å². The van der Waals surface area contributed by atoms with Gasteiger partial charge in [0.25, 0.3) is 5.92 Å². The first-order valence-electron chi connectivity index (χ1n) is 6.52. The number of hydrogen-bond acceptors (Lipinski definition) is 2. The average molecular weight is 303 g/mol. The van der Waals surface area contributed by atoms with Gasteiger partial charge in [-0.15, -0.1) is 12.4 Å². The minimum absolute atomic E-state index is 0. The van der Waals surface area contributed by atoms with Gasteiger partial charge >= 0.3 is 0 Å². The van der Waals surface area contributed by atoms with E-state index < -0.39 is 24.9 Å². The summed E-state index contributed by atoms with van der Waals surface area (Å²) in [5.74, 6) is -2.74. The van der Waals surface area contributed by atoms with Crippen LogP contribution in [0.15, 0.2) is 30.3 Å². The lowest BCUT2D eigenvalue weighted by molar-refractivity contribution is -0.123. The number of carbonyl (C=O) groups excluding carboxylic acids is 1. The van der Waals surface area contributed by atoms with Crippen molar-refractivity contribution >= 4 is 18.3 Å². The highest BCUT2D eigenvalue weighted by Crippen LogP contribution is 2.40. The Morgan fingerprint density at radius 2 is 2.00 bits per heavy atom. The molecule has 1 aromatic rings. The third-order valence-corrected chi connectivity index (χ3v) is 3.77. The monoisotopic (exact) mass is 302 g/mol. The molecule has 0 bridgehead atoms. The number of amides is 1. The quantitative estimate of drug-likeness (QED) is 0.897. The van der Waals surface area contributed by atoms with Gasteiger partial charge in [0.05, 0.1) is 12.6 Å². The van der Waals surface area contributed by atoms with Gasteiger partial charge in [-0.3, -0.25) is 10.1 Å². The van der Waals surface area contributed by atoms with Crippen LogP contribution in [0.4, 0.5) is 8.78 Å². The average Bonchev–Trinajstić information content (AvgIpc) is 3.05. The molecule has 2 fully saturated rings. The molecule has 1 aromatic carbocycles. The minimum Gasteiger partial charge on any atom is -0.351 e. The second-order valence-corrected chi connectivity index (χ2v) is 5.36. The Labute approximate surface area is 122 Å². The predicted octanol–water partition coefficient (Wildman–Crippen LogP) is 2.08. The molecule has 1 heterocycles.